The molecule has 1 aromatic carbocycles. The van der Waals surface area contributed by atoms with Crippen LogP contribution in [0.4, 0.5) is 5.13 Å². The molecule has 26 heavy (non-hydrogen) atoms. The number of benzene rings is 1. The molecule has 2 aromatic heterocycles. The smallest absolute Gasteiger partial charge is 0.357 e. The minimum Gasteiger partial charge on any atom is -0.461 e. The Hall–Kier alpha value is -2.32. The highest BCUT2D eigenvalue weighted by atomic mass is 32.1. The molecule has 1 fully saturated rings. The van der Waals surface area contributed by atoms with Crippen LogP contribution in [0.3, 0.4) is 0 Å². The summed E-state index contributed by atoms with van der Waals surface area (Å²) in [6, 6.07) is 10.1. The normalized spacial score (nSPS) is 16.8. The quantitative estimate of drug-likeness (QED) is 0.613. The third kappa shape index (κ3) is 3.34. The third-order valence-electron chi connectivity index (χ3n) is 4.24. The van der Waals surface area contributed by atoms with Gasteiger partial charge in [-0.25, -0.2) is 9.78 Å². The van der Waals surface area contributed by atoms with Crippen LogP contribution in [0.1, 0.15) is 41.3 Å². The van der Waals surface area contributed by atoms with Crippen LogP contribution in [-0.2, 0) is 4.74 Å². The molecule has 134 valence electrons. The minimum atomic E-state index is -0.359. The standard InChI is InChI=1S/C18H18N4O2S2/c1-2-24-17(23)13-11-25-16(19-13)14-9-6-10-22(14)18-20-15(21-26-18)12-7-4-3-5-8-12/h3-5,7-8,11,14H,2,6,9-10H2,1H3. The number of hydrogen-bond donors (Lipinski definition) is 0. The van der Waals surface area contributed by atoms with Crippen molar-refractivity contribution in [3.05, 3.63) is 46.4 Å². The van der Waals surface area contributed by atoms with Gasteiger partial charge in [-0.05, 0) is 19.8 Å². The molecule has 0 saturated carbocycles. The van der Waals surface area contributed by atoms with E-state index in [0.29, 0.717) is 12.3 Å². The van der Waals surface area contributed by atoms with E-state index < -0.39 is 0 Å². The Morgan fingerprint density at radius 2 is 2.15 bits per heavy atom. The van der Waals surface area contributed by atoms with Crippen molar-refractivity contribution >= 4 is 34.0 Å². The number of carbonyl (C=O) groups excluding carboxylic acids is 1. The fourth-order valence-corrected chi connectivity index (χ4v) is 4.73. The summed E-state index contributed by atoms with van der Waals surface area (Å²) in [5.74, 6) is 0.393. The van der Waals surface area contributed by atoms with Crippen LogP contribution in [0, 0.1) is 0 Å². The first-order valence-electron chi connectivity index (χ1n) is 8.54. The second-order valence-electron chi connectivity index (χ2n) is 5.91. The van der Waals surface area contributed by atoms with Crippen molar-refractivity contribution in [2.75, 3.05) is 18.1 Å². The summed E-state index contributed by atoms with van der Waals surface area (Å²) in [6.45, 7) is 3.07. The van der Waals surface area contributed by atoms with Crippen molar-refractivity contribution in [3.8, 4) is 11.4 Å². The van der Waals surface area contributed by atoms with E-state index in [1.54, 1.807) is 12.3 Å². The number of thiazole rings is 1. The van der Waals surface area contributed by atoms with Gasteiger partial charge in [-0.3, -0.25) is 0 Å². The average Bonchev–Trinajstić information content (AvgIpc) is 3.40. The lowest BCUT2D eigenvalue weighted by atomic mass is 10.2. The van der Waals surface area contributed by atoms with Gasteiger partial charge in [-0.1, -0.05) is 30.3 Å². The maximum absolute atomic E-state index is 11.9. The summed E-state index contributed by atoms with van der Waals surface area (Å²) >= 11 is 2.92. The fourth-order valence-electron chi connectivity index (χ4n) is 3.03. The van der Waals surface area contributed by atoms with Gasteiger partial charge in [0.2, 0.25) is 5.13 Å². The van der Waals surface area contributed by atoms with E-state index in [2.05, 4.69) is 14.3 Å². The van der Waals surface area contributed by atoms with E-state index in [9.17, 15) is 4.79 Å². The van der Waals surface area contributed by atoms with Crippen molar-refractivity contribution < 1.29 is 9.53 Å². The van der Waals surface area contributed by atoms with Crippen molar-refractivity contribution in [1.82, 2.24) is 14.3 Å². The topological polar surface area (TPSA) is 68.2 Å². The average molecular weight is 387 g/mol. The van der Waals surface area contributed by atoms with Gasteiger partial charge < -0.3 is 9.64 Å². The summed E-state index contributed by atoms with van der Waals surface area (Å²) in [5, 5.41) is 3.61. The predicted octanol–water partition coefficient (Wildman–Crippen LogP) is 4.18. The van der Waals surface area contributed by atoms with E-state index in [0.717, 1.165) is 40.9 Å². The van der Waals surface area contributed by atoms with Crippen molar-refractivity contribution in [2.45, 2.75) is 25.8 Å². The number of anilines is 1. The molecular weight excluding hydrogens is 368 g/mol. The van der Waals surface area contributed by atoms with Crippen LogP contribution in [-0.4, -0.2) is 33.5 Å². The summed E-state index contributed by atoms with van der Waals surface area (Å²) in [5.41, 5.74) is 1.41. The number of rotatable bonds is 5. The Morgan fingerprint density at radius 1 is 1.31 bits per heavy atom. The molecule has 1 saturated heterocycles. The SMILES string of the molecule is CCOC(=O)c1csc(C2CCCN2c2nc(-c3ccccc3)ns2)n1. The monoisotopic (exact) mass is 386 g/mol. The van der Waals surface area contributed by atoms with Crippen LogP contribution in [0.25, 0.3) is 11.4 Å². The molecule has 1 aliphatic heterocycles. The fraction of sp³-hybridized carbons (Fsp3) is 0.333. The molecule has 3 aromatic rings. The van der Waals surface area contributed by atoms with Gasteiger partial charge in [0.25, 0.3) is 0 Å². The minimum absolute atomic E-state index is 0.139. The molecule has 3 heterocycles. The first-order valence-corrected chi connectivity index (χ1v) is 10.2. The Kier molecular flexibility index (Phi) is 4.94. The van der Waals surface area contributed by atoms with E-state index in [4.69, 9.17) is 9.72 Å². The number of carbonyl (C=O) groups is 1. The third-order valence-corrected chi connectivity index (χ3v) is 5.94. The molecule has 0 spiro atoms. The van der Waals surface area contributed by atoms with E-state index in [1.165, 1.54) is 22.9 Å². The van der Waals surface area contributed by atoms with Gasteiger partial charge in [0.05, 0.1) is 12.6 Å². The summed E-state index contributed by atoms with van der Waals surface area (Å²) in [6.07, 6.45) is 2.06. The molecule has 1 unspecified atom stereocenters. The molecule has 1 atom stereocenters. The van der Waals surface area contributed by atoms with Gasteiger partial charge >= 0.3 is 5.97 Å². The lowest BCUT2D eigenvalue weighted by Gasteiger charge is -2.21. The van der Waals surface area contributed by atoms with Gasteiger partial charge in [-0.15, -0.1) is 11.3 Å². The van der Waals surface area contributed by atoms with E-state index >= 15 is 0 Å². The second kappa shape index (κ2) is 7.51. The Morgan fingerprint density at radius 3 is 2.96 bits per heavy atom. The number of ether oxygens (including phenoxy) is 1. The first kappa shape index (κ1) is 17.1. The molecular formula is C18H18N4O2S2. The number of nitrogens with zero attached hydrogens (tertiary/aromatic N) is 4. The Bertz CT molecular complexity index is 894. The highest BCUT2D eigenvalue weighted by molar-refractivity contribution is 7.10. The number of aromatic nitrogens is 3. The zero-order chi connectivity index (χ0) is 17.9. The molecule has 0 aliphatic carbocycles. The molecule has 1 aliphatic rings. The maximum atomic E-state index is 11.9. The largest absolute Gasteiger partial charge is 0.461 e. The molecule has 0 N–H and O–H groups in total. The van der Waals surface area contributed by atoms with Gasteiger partial charge in [0.15, 0.2) is 11.5 Å². The highest BCUT2D eigenvalue weighted by Gasteiger charge is 2.31. The number of hydrogen-bond acceptors (Lipinski definition) is 8. The molecule has 0 radical (unpaired) electrons. The van der Waals surface area contributed by atoms with Crippen LogP contribution in [0.2, 0.25) is 0 Å². The first-order chi connectivity index (χ1) is 12.8. The van der Waals surface area contributed by atoms with Crippen molar-refractivity contribution in [3.63, 3.8) is 0 Å². The molecule has 4 rings (SSSR count). The molecule has 6 nitrogen and oxygen atoms in total. The van der Waals surface area contributed by atoms with Crippen LogP contribution in [0.15, 0.2) is 35.7 Å². The van der Waals surface area contributed by atoms with Crippen molar-refractivity contribution in [2.24, 2.45) is 0 Å². The highest BCUT2D eigenvalue weighted by Crippen LogP contribution is 2.38. The van der Waals surface area contributed by atoms with Crippen LogP contribution in [0.5, 0.6) is 0 Å². The summed E-state index contributed by atoms with van der Waals surface area (Å²) in [4.78, 5) is 23.4. The van der Waals surface area contributed by atoms with Crippen LogP contribution >= 0.6 is 22.9 Å². The molecule has 8 heteroatoms. The van der Waals surface area contributed by atoms with Crippen LogP contribution < -0.4 is 4.90 Å². The zero-order valence-corrected chi connectivity index (χ0v) is 15.9. The van der Waals surface area contributed by atoms with Gasteiger partial charge in [0.1, 0.15) is 5.01 Å². The lowest BCUT2D eigenvalue weighted by molar-refractivity contribution is 0.0520. The molecule has 0 bridgehead atoms. The summed E-state index contributed by atoms with van der Waals surface area (Å²) in [7, 11) is 0. The second-order valence-corrected chi connectivity index (χ2v) is 7.53. The predicted molar refractivity (Wildman–Crippen MR) is 103 cm³/mol. The Balaban J connectivity index is 1.56. The zero-order valence-electron chi connectivity index (χ0n) is 14.3. The number of esters is 1. The maximum Gasteiger partial charge on any atom is 0.357 e. The summed E-state index contributed by atoms with van der Waals surface area (Å²) < 4.78 is 9.55. The van der Waals surface area contributed by atoms with E-state index in [-0.39, 0.29) is 12.0 Å². The van der Waals surface area contributed by atoms with E-state index in [1.807, 2.05) is 30.3 Å². The van der Waals surface area contributed by atoms with Gasteiger partial charge in [0, 0.05) is 29.0 Å². The van der Waals surface area contributed by atoms with Crippen molar-refractivity contribution in [1.29, 1.82) is 0 Å². The lowest BCUT2D eigenvalue weighted by Crippen LogP contribution is -2.22. The Labute approximate surface area is 159 Å². The molecule has 0 amide bonds. The van der Waals surface area contributed by atoms with Gasteiger partial charge in [-0.2, -0.15) is 9.36 Å².